The molecule has 3 nitrogen and oxygen atoms in total. The van der Waals surface area contributed by atoms with Crippen LogP contribution < -0.4 is 0 Å². The number of halogens is 1. The molecule has 1 aromatic carbocycles. The van der Waals surface area contributed by atoms with Gasteiger partial charge in [-0.05, 0) is 37.0 Å². The molecule has 1 aromatic rings. The van der Waals surface area contributed by atoms with Crippen LogP contribution in [0.5, 0.6) is 0 Å². The highest BCUT2D eigenvalue weighted by atomic mass is 35.5. The van der Waals surface area contributed by atoms with Gasteiger partial charge < -0.3 is 14.2 Å². The minimum atomic E-state index is -0.304. The lowest BCUT2D eigenvalue weighted by Gasteiger charge is -2.35. The fraction of sp³-hybridized carbons (Fsp3) is 0.625. The fourth-order valence-corrected chi connectivity index (χ4v) is 3.25. The number of ether oxygens (including phenoxy) is 3. The summed E-state index contributed by atoms with van der Waals surface area (Å²) in [6, 6.07) is 6.10. The van der Waals surface area contributed by atoms with E-state index in [1.807, 2.05) is 19.1 Å². The quantitative estimate of drug-likeness (QED) is 0.848. The predicted molar refractivity (Wildman–Crippen MR) is 77.9 cm³/mol. The molecule has 1 heterocycles. The van der Waals surface area contributed by atoms with Crippen LogP contribution in [0.25, 0.3) is 0 Å². The second-order valence-electron chi connectivity index (χ2n) is 5.71. The van der Waals surface area contributed by atoms with E-state index in [4.69, 9.17) is 25.8 Å². The van der Waals surface area contributed by atoms with Crippen molar-refractivity contribution in [3.05, 3.63) is 34.3 Å². The van der Waals surface area contributed by atoms with Crippen LogP contribution in [0.3, 0.4) is 0 Å². The van der Waals surface area contributed by atoms with Gasteiger partial charge in [-0.25, -0.2) is 0 Å². The molecular weight excluding hydrogens is 276 g/mol. The SMILES string of the molecule is Cc1ccc(COC2CCC3(CC2)OCCO3)c(Cl)c1. The molecule has 0 aromatic heterocycles. The summed E-state index contributed by atoms with van der Waals surface area (Å²) in [5, 5.41) is 0.791. The van der Waals surface area contributed by atoms with Crippen LogP contribution in [0.2, 0.25) is 5.02 Å². The van der Waals surface area contributed by atoms with E-state index in [2.05, 4.69) is 6.07 Å². The second kappa shape index (κ2) is 6.02. The van der Waals surface area contributed by atoms with Crippen LogP contribution in [0.1, 0.15) is 36.8 Å². The normalized spacial score (nSPS) is 22.5. The van der Waals surface area contributed by atoms with Gasteiger partial charge in [-0.1, -0.05) is 23.7 Å². The first kappa shape index (κ1) is 14.3. The van der Waals surface area contributed by atoms with E-state index in [1.165, 1.54) is 5.56 Å². The van der Waals surface area contributed by atoms with Gasteiger partial charge in [0.1, 0.15) is 0 Å². The van der Waals surface area contributed by atoms with Crippen molar-refractivity contribution in [2.75, 3.05) is 13.2 Å². The number of hydrogen-bond acceptors (Lipinski definition) is 3. The Bertz CT molecular complexity index is 459. The Hall–Kier alpha value is -0.610. The summed E-state index contributed by atoms with van der Waals surface area (Å²) in [5.41, 5.74) is 2.24. The average Bonchev–Trinajstić information content (AvgIpc) is 2.88. The summed E-state index contributed by atoms with van der Waals surface area (Å²) in [4.78, 5) is 0. The summed E-state index contributed by atoms with van der Waals surface area (Å²) in [6.07, 6.45) is 4.12. The van der Waals surface area contributed by atoms with Crippen molar-refractivity contribution in [3.63, 3.8) is 0 Å². The van der Waals surface area contributed by atoms with Crippen LogP contribution in [0.15, 0.2) is 18.2 Å². The van der Waals surface area contributed by atoms with E-state index < -0.39 is 0 Å². The molecule has 2 fully saturated rings. The smallest absolute Gasteiger partial charge is 0.168 e. The van der Waals surface area contributed by atoms with E-state index >= 15 is 0 Å². The van der Waals surface area contributed by atoms with Gasteiger partial charge in [-0.2, -0.15) is 0 Å². The van der Waals surface area contributed by atoms with Crippen LogP contribution in [0, 0.1) is 6.92 Å². The molecule has 1 aliphatic heterocycles. The van der Waals surface area contributed by atoms with Crippen LogP contribution in [0.4, 0.5) is 0 Å². The van der Waals surface area contributed by atoms with Crippen molar-refractivity contribution >= 4 is 11.6 Å². The molecule has 4 heteroatoms. The third-order valence-electron chi connectivity index (χ3n) is 4.19. The van der Waals surface area contributed by atoms with Gasteiger partial charge in [0.15, 0.2) is 5.79 Å². The lowest BCUT2D eigenvalue weighted by Crippen LogP contribution is -2.37. The van der Waals surface area contributed by atoms with Crippen molar-refractivity contribution in [1.82, 2.24) is 0 Å². The van der Waals surface area contributed by atoms with Crippen LogP contribution >= 0.6 is 11.6 Å². The molecule has 1 aliphatic carbocycles. The Balaban J connectivity index is 1.50. The third kappa shape index (κ3) is 3.17. The standard InChI is InChI=1S/C16H21ClO3/c1-12-2-3-13(15(17)10-12)11-18-14-4-6-16(7-5-14)19-8-9-20-16/h2-3,10,14H,4-9,11H2,1H3. The van der Waals surface area contributed by atoms with Gasteiger partial charge in [0.2, 0.25) is 0 Å². The highest BCUT2D eigenvalue weighted by Crippen LogP contribution is 2.37. The molecule has 1 saturated heterocycles. The molecular formula is C16H21ClO3. The van der Waals surface area contributed by atoms with Crippen molar-refractivity contribution in [2.24, 2.45) is 0 Å². The number of hydrogen-bond donors (Lipinski definition) is 0. The molecule has 3 rings (SSSR count). The molecule has 110 valence electrons. The molecule has 0 radical (unpaired) electrons. The van der Waals surface area contributed by atoms with Gasteiger partial charge in [0, 0.05) is 17.9 Å². The summed E-state index contributed by atoms with van der Waals surface area (Å²) >= 11 is 6.23. The molecule has 1 spiro atoms. The zero-order valence-electron chi connectivity index (χ0n) is 11.9. The zero-order valence-corrected chi connectivity index (χ0v) is 12.6. The summed E-state index contributed by atoms with van der Waals surface area (Å²) in [6.45, 7) is 4.08. The maximum atomic E-state index is 6.23. The average molecular weight is 297 g/mol. The largest absolute Gasteiger partial charge is 0.373 e. The topological polar surface area (TPSA) is 27.7 Å². The Kier molecular flexibility index (Phi) is 4.32. The molecule has 1 saturated carbocycles. The monoisotopic (exact) mass is 296 g/mol. The van der Waals surface area contributed by atoms with E-state index in [9.17, 15) is 0 Å². The molecule has 0 amide bonds. The fourth-order valence-electron chi connectivity index (χ4n) is 2.96. The summed E-state index contributed by atoms with van der Waals surface area (Å²) in [7, 11) is 0. The Morgan fingerprint density at radius 3 is 2.60 bits per heavy atom. The van der Waals surface area contributed by atoms with E-state index in [1.54, 1.807) is 0 Å². The molecule has 0 atom stereocenters. The number of benzene rings is 1. The summed E-state index contributed by atoms with van der Waals surface area (Å²) in [5.74, 6) is -0.304. The van der Waals surface area contributed by atoms with Gasteiger partial charge in [0.05, 0.1) is 25.9 Å². The molecule has 20 heavy (non-hydrogen) atoms. The molecule has 0 bridgehead atoms. The Morgan fingerprint density at radius 2 is 1.95 bits per heavy atom. The lowest BCUT2D eigenvalue weighted by molar-refractivity contribution is -0.192. The number of aryl methyl sites for hydroxylation is 1. The molecule has 0 unspecified atom stereocenters. The van der Waals surface area contributed by atoms with Gasteiger partial charge in [-0.15, -0.1) is 0 Å². The minimum Gasteiger partial charge on any atom is -0.373 e. The minimum absolute atomic E-state index is 0.283. The van der Waals surface area contributed by atoms with Crippen molar-refractivity contribution in [1.29, 1.82) is 0 Å². The molecule has 2 aliphatic rings. The van der Waals surface area contributed by atoms with Crippen molar-refractivity contribution < 1.29 is 14.2 Å². The van der Waals surface area contributed by atoms with Gasteiger partial charge >= 0.3 is 0 Å². The first-order valence-electron chi connectivity index (χ1n) is 7.31. The highest BCUT2D eigenvalue weighted by Gasteiger charge is 2.40. The third-order valence-corrected chi connectivity index (χ3v) is 4.54. The maximum absolute atomic E-state index is 6.23. The summed E-state index contributed by atoms with van der Waals surface area (Å²) < 4.78 is 17.4. The number of rotatable bonds is 3. The van der Waals surface area contributed by atoms with E-state index in [0.29, 0.717) is 6.61 Å². The van der Waals surface area contributed by atoms with Gasteiger partial charge in [0.25, 0.3) is 0 Å². The first-order valence-corrected chi connectivity index (χ1v) is 7.69. The van der Waals surface area contributed by atoms with E-state index in [0.717, 1.165) is 49.5 Å². The first-order chi connectivity index (χ1) is 9.67. The van der Waals surface area contributed by atoms with Crippen LogP contribution in [-0.2, 0) is 20.8 Å². The lowest BCUT2D eigenvalue weighted by atomic mass is 9.92. The van der Waals surface area contributed by atoms with Gasteiger partial charge in [-0.3, -0.25) is 0 Å². The Morgan fingerprint density at radius 1 is 1.25 bits per heavy atom. The second-order valence-corrected chi connectivity index (χ2v) is 6.12. The van der Waals surface area contributed by atoms with Crippen LogP contribution in [-0.4, -0.2) is 25.1 Å². The predicted octanol–water partition coefficient (Wildman–Crippen LogP) is 3.85. The van der Waals surface area contributed by atoms with Crippen molar-refractivity contribution in [3.8, 4) is 0 Å². The van der Waals surface area contributed by atoms with Crippen molar-refractivity contribution in [2.45, 2.75) is 51.1 Å². The van der Waals surface area contributed by atoms with E-state index in [-0.39, 0.29) is 11.9 Å². The molecule has 0 N–H and O–H groups in total. The highest BCUT2D eigenvalue weighted by molar-refractivity contribution is 6.31. The maximum Gasteiger partial charge on any atom is 0.168 e. The Labute approximate surface area is 125 Å². The zero-order chi connectivity index (χ0) is 14.0.